The molecule has 3 rings (SSSR count). The van der Waals surface area contributed by atoms with Crippen molar-refractivity contribution in [3.63, 3.8) is 0 Å². The van der Waals surface area contributed by atoms with Gasteiger partial charge in [0.2, 0.25) is 0 Å². The lowest BCUT2D eigenvalue weighted by Gasteiger charge is -2.38. The van der Waals surface area contributed by atoms with E-state index < -0.39 is 0 Å². The van der Waals surface area contributed by atoms with Gasteiger partial charge in [0.25, 0.3) is 0 Å². The average molecular weight is 507 g/mol. The summed E-state index contributed by atoms with van der Waals surface area (Å²) < 4.78 is 0. The van der Waals surface area contributed by atoms with Gasteiger partial charge >= 0.3 is 0 Å². The number of aryl methyl sites for hydroxylation is 1. The van der Waals surface area contributed by atoms with Gasteiger partial charge in [-0.1, -0.05) is 36.4 Å². The minimum Gasteiger partial charge on any atom is -0.356 e. The first-order valence-electron chi connectivity index (χ1n) is 10.3. The summed E-state index contributed by atoms with van der Waals surface area (Å²) in [4.78, 5) is 11.3. The molecule has 1 aliphatic rings. The molecule has 0 radical (unpaired) electrons. The van der Waals surface area contributed by atoms with Gasteiger partial charge in [0.05, 0.1) is 0 Å². The topological polar surface area (TPSA) is 52.6 Å². The third-order valence-electron chi connectivity index (χ3n) is 5.49. The molecule has 1 fully saturated rings. The summed E-state index contributed by atoms with van der Waals surface area (Å²) in [7, 11) is 1.84. The Balaban J connectivity index is 0.00000300. The fourth-order valence-electron chi connectivity index (χ4n) is 3.76. The highest BCUT2D eigenvalue weighted by Crippen LogP contribution is 2.19. The quantitative estimate of drug-likeness (QED) is 0.355. The number of benzene rings is 1. The number of likely N-dealkylation sites (tertiary alicyclic amines) is 1. The fourth-order valence-corrected chi connectivity index (χ4v) is 3.76. The van der Waals surface area contributed by atoms with E-state index in [-0.39, 0.29) is 24.0 Å². The Bertz CT molecular complexity index is 748. The molecule has 2 aromatic rings. The molecular weight excluding hydrogens is 473 g/mol. The van der Waals surface area contributed by atoms with Gasteiger partial charge in [0.1, 0.15) is 0 Å². The molecule has 0 saturated carbocycles. The number of aromatic nitrogens is 1. The normalized spacial score (nSPS) is 20.0. The summed E-state index contributed by atoms with van der Waals surface area (Å²) in [6.45, 7) is 7.34. The summed E-state index contributed by atoms with van der Waals surface area (Å²) in [5.74, 6) is 0.897. The molecule has 1 saturated heterocycles. The number of nitrogens with one attached hydrogen (secondary N) is 2. The predicted octanol–water partition coefficient (Wildman–Crippen LogP) is 3.77. The van der Waals surface area contributed by atoms with E-state index in [9.17, 15) is 0 Å². The molecule has 0 aliphatic carbocycles. The van der Waals surface area contributed by atoms with Crippen LogP contribution in [0.5, 0.6) is 0 Å². The summed E-state index contributed by atoms with van der Waals surface area (Å²) in [6, 6.07) is 16.0. The summed E-state index contributed by atoms with van der Waals surface area (Å²) in [5.41, 5.74) is 3.70. The molecule has 2 unspecified atom stereocenters. The van der Waals surface area contributed by atoms with Crippen molar-refractivity contribution < 1.29 is 0 Å². The third-order valence-corrected chi connectivity index (χ3v) is 5.49. The standard InChI is InChI=1S/C23H33N5.HI/c1-18-9-10-20(16-26-18)11-13-25-23(24-3)27-22-12-14-28(19(2)15-22)17-21-7-5-4-6-8-21;/h4-10,16,19,22H,11-15,17H2,1-3H3,(H2,24,25,27);1H. The van der Waals surface area contributed by atoms with Crippen molar-refractivity contribution in [3.8, 4) is 0 Å². The highest BCUT2D eigenvalue weighted by atomic mass is 127. The molecule has 5 nitrogen and oxygen atoms in total. The zero-order valence-corrected chi connectivity index (χ0v) is 20.1. The maximum absolute atomic E-state index is 4.40. The number of guanidine groups is 1. The van der Waals surface area contributed by atoms with Crippen LogP contribution in [0.1, 0.15) is 36.6 Å². The van der Waals surface area contributed by atoms with E-state index in [4.69, 9.17) is 0 Å². The van der Waals surface area contributed by atoms with Crippen LogP contribution in [0.3, 0.4) is 0 Å². The number of halogens is 1. The second-order valence-electron chi connectivity index (χ2n) is 7.73. The first-order chi connectivity index (χ1) is 13.6. The highest BCUT2D eigenvalue weighted by molar-refractivity contribution is 14.0. The minimum atomic E-state index is 0. The maximum Gasteiger partial charge on any atom is 0.191 e. The van der Waals surface area contributed by atoms with Gasteiger partial charge in [-0.25, -0.2) is 0 Å². The summed E-state index contributed by atoms with van der Waals surface area (Å²) in [6.07, 6.45) is 5.17. The van der Waals surface area contributed by atoms with Crippen LogP contribution in [-0.4, -0.2) is 48.1 Å². The Hall–Kier alpha value is -1.67. The maximum atomic E-state index is 4.40. The lowest BCUT2D eigenvalue weighted by Crippen LogP contribution is -2.51. The van der Waals surface area contributed by atoms with Crippen LogP contribution >= 0.6 is 24.0 Å². The number of rotatable bonds is 6. The Kier molecular flexibility index (Phi) is 9.87. The number of piperidine rings is 1. The molecule has 0 amide bonds. The number of aliphatic imine (C=N–C) groups is 1. The van der Waals surface area contributed by atoms with Crippen molar-refractivity contribution in [1.82, 2.24) is 20.5 Å². The minimum absolute atomic E-state index is 0. The molecule has 1 aliphatic heterocycles. The molecule has 1 aromatic carbocycles. The Labute approximate surface area is 192 Å². The van der Waals surface area contributed by atoms with E-state index >= 15 is 0 Å². The smallest absolute Gasteiger partial charge is 0.191 e. The Morgan fingerprint density at radius 1 is 1.17 bits per heavy atom. The van der Waals surface area contributed by atoms with E-state index in [1.165, 1.54) is 11.1 Å². The molecule has 2 atom stereocenters. The van der Waals surface area contributed by atoms with E-state index in [0.29, 0.717) is 12.1 Å². The molecule has 1 aromatic heterocycles. The van der Waals surface area contributed by atoms with Crippen LogP contribution < -0.4 is 10.6 Å². The lowest BCUT2D eigenvalue weighted by molar-refractivity contribution is 0.134. The molecule has 29 heavy (non-hydrogen) atoms. The molecular formula is C23H34IN5. The van der Waals surface area contributed by atoms with Gasteiger partial charge in [0.15, 0.2) is 5.96 Å². The van der Waals surface area contributed by atoms with Crippen LogP contribution in [0.2, 0.25) is 0 Å². The molecule has 0 spiro atoms. The number of nitrogens with zero attached hydrogens (tertiary/aromatic N) is 3. The fraction of sp³-hybridized carbons (Fsp3) is 0.478. The van der Waals surface area contributed by atoms with E-state index in [1.54, 1.807) is 0 Å². The van der Waals surface area contributed by atoms with Gasteiger partial charge in [-0.05, 0) is 50.3 Å². The first-order valence-corrected chi connectivity index (χ1v) is 10.3. The second kappa shape index (κ2) is 12.1. The molecule has 2 N–H and O–H groups in total. The van der Waals surface area contributed by atoms with Crippen LogP contribution in [0.4, 0.5) is 0 Å². The Morgan fingerprint density at radius 2 is 1.97 bits per heavy atom. The molecule has 6 heteroatoms. The van der Waals surface area contributed by atoms with Gasteiger partial charge in [0, 0.05) is 50.7 Å². The van der Waals surface area contributed by atoms with Crippen molar-refractivity contribution in [3.05, 3.63) is 65.5 Å². The summed E-state index contributed by atoms with van der Waals surface area (Å²) in [5, 5.41) is 7.06. The third kappa shape index (κ3) is 7.59. The van der Waals surface area contributed by atoms with Crippen LogP contribution in [0.15, 0.2) is 53.7 Å². The van der Waals surface area contributed by atoms with Gasteiger partial charge in [-0.15, -0.1) is 24.0 Å². The lowest BCUT2D eigenvalue weighted by atomic mass is 9.97. The highest BCUT2D eigenvalue weighted by Gasteiger charge is 2.25. The van der Waals surface area contributed by atoms with E-state index in [0.717, 1.165) is 50.6 Å². The van der Waals surface area contributed by atoms with Crippen molar-refractivity contribution in [2.45, 2.75) is 51.7 Å². The molecule has 0 bridgehead atoms. The van der Waals surface area contributed by atoms with Crippen LogP contribution in [-0.2, 0) is 13.0 Å². The van der Waals surface area contributed by atoms with Crippen molar-refractivity contribution >= 4 is 29.9 Å². The van der Waals surface area contributed by atoms with Gasteiger partial charge in [-0.3, -0.25) is 14.9 Å². The largest absolute Gasteiger partial charge is 0.356 e. The zero-order chi connectivity index (χ0) is 19.8. The van der Waals surface area contributed by atoms with E-state index in [2.05, 4.69) is 74.9 Å². The number of pyridine rings is 1. The van der Waals surface area contributed by atoms with Gasteiger partial charge < -0.3 is 10.6 Å². The average Bonchev–Trinajstić information content (AvgIpc) is 2.71. The van der Waals surface area contributed by atoms with Crippen LogP contribution in [0, 0.1) is 6.92 Å². The van der Waals surface area contributed by atoms with Crippen molar-refractivity contribution in [2.75, 3.05) is 20.1 Å². The molecule has 158 valence electrons. The van der Waals surface area contributed by atoms with Crippen molar-refractivity contribution in [2.24, 2.45) is 4.99 Å². The predicted molar refractivity (Wildman–Crippen MR) is 132 cm³/mol. The SMILES string of the molecule is CN=C(NCCc1ccc(C)nc1)NC1CCN(Cc2ccccc2)C(C)C1.I. The monoisotopic (exact) mass is 507 g/mol. The second-order valence-corrected chi connectivity index (χ2v) is 7.73. The summed E-state index contributed by atoms with van der Waals surface area (Å²) >= 11 is 0. The Morgan fingerprint density at radius 3 is 2.62 bits per heavy atom. The van der Waals surface area contributed by atoms with Gasteiger partial charge in [-0.2, -0.15) is 0 Å². The number of hydrogen-bond acceptors (Lipinski definition) is 3. The molecule has 2 heterocycles. The number of hydrogen-bond donors (Lipinski definition) is 2. The first kappa shape index (κ1) is 23.6. The van der Waals surface area contributed by atoms with Crippen molar-refractivity contribution in [1.29, 1.82) is 0 Å². The van der Waals surface area contributed by atoms with Crippen LogP contribution in [0.25, 0.3) is 0 Å². The van der Waals surface area contributed by atoms with E-state index in [1.807, 2.05) is 20.2 Å². The zero-order valence-electron chi connectivity index (χ0n) is 17.8.